The molecule has 0 aliphatic carbocycles. The van der Waals surface area contributed by atoms with E-state index < -0.39 is 4.92 Å². The van der Waals surface area contributed by atoms with Gasteiger partial charge in [0.2, 0.25) is 5.91 Å². The minimum atomic E-state index is -0.462. The molecule has 2 amide bonds. The predicted octanol–water partition coefficient (Wildman–Crippen LogP) is 4.17. The fourth-order valence-corrected chi connectivity index (χ4v) is 4.93. The highest BCUT2D eigenvalue weighted by molar-refractivity contribution is 5.94. The molecule has 0 unspecified atom stereocenters. The molecule has 1 N–H and O–H groups in total. The number of likely N-dealkylation sites (tertiary alicyclic amines) is 2. The van der Waals surface area contributed by atoms with Crippen LogP contribution in [0.15, 0.2) is 42.5 Å². The standard InChI is InChI=1S/C26H32N4O4/c1-18-3-6-22(17-19(18)2)27-25(31)20-9-13-28(14-10-20)23-11-15-29(16-12-23)26(32)21-4-7-24(8-5-21)30(33)34/h3-8,17,20,23H,9-16H2,1-2H3,(H,27,31). The zero-order chi connectivity index (χ0) is 24.2. The van der Waals surface area contributed by atoms with E-state index in [9.17, 15) is 19.7 Å². The van der Waals surface area contributed by atoms with E-state index in [0.29, 0.717) is 24.7 Å². The third kappa shape index (κ3) is 5.44. The minimum absolute atomic E-state index is 0.0127. The average Bonchev–Trinajstić information content (AvgIpc) is 2.86. The molecule has 8 nitrogen and oxygen atoms in total. The highest BCUT2D eigenvalue weighted by atomic mass is 16.6. The molecule has 0 atom stereocenters. The van der Waals surface area contributed by atoms with Crippen LogP contribution in [0.25, 0.3) is 0 Å². The number of nitro benzene ring substituents is 1. The summed E-state index contributed by atoms with van der Waals surface area (Å²) in [6, 6.07) is 12.2. The summed E-state index contributed by atoms with van der Waals surface area (Å²) in [7, 11) is 0. The van der Waals surface area contributed by atoms with Crippen molar-refractivity contribution in [3.63, 3.8) is 0 Å². The van der Waals surface area contributed by atoms with E-state index in [4.69, 9.17) is 0 Å². The third-order valence-electron chi connectivity index (χ3n) is 7.27. The molecule has 4 rings (SSSR count). The Bertz CT molecular complexity index is 1050. The molecule has 0 radical (unpaired) electrons. The van der Waals surface area contributed by atoms with Gasteiger partial charge in [0.15, 0.2) is 0 Å². The Morgan fingerprint density at radius 2 is 1.56 bits per heavy atom. The molecule has 2 aliphatic heterocycles. The lowest BCUT2D eigenvalue weighted by Crippen LogP contribution is -2.49. The van der Waals surface area contributed by atoms with Gasteiger partial charge in [-0.1, -0.05) is 6.07 Å². The van der Waals surface area contributed by atoms with Crippen molar-refractivity contribution in [3.8, 4) is 0 Å². The van der Waals surface area contributed by atoms with Crippen LogP contribution in [0.5, 0.6) is 0 Å². The summed E-state index contributed by atoms with van der Waals surface area (Å²) < 4.78 is 0. The van der Waals surface area contributed by atoms with Gasteiger partial charge >= 0.3 is 0 Å². The zero-order valence-corrected chi connectivity index (χ0v) is 19.8. The van der Waals surface area contributed by atoms with Crippen molar-refractivity contribution in [1.29, 1.82) is 0 Å². The maximum Gasteiger partial charge on any atom is 0.269 e. The maximum atomic E-state index is 12.8. The lowest BCUT2D eigenvalue weighted by molar-refractivity contribution is -0.384. The van der Waals surface area contributed by atoms with Crippen LogP contribution in [0.3, 0.4) is 0 Å². The summed E-state index contributed by atoms with van der Waals surface area (Å²) >= 11 is 0. The van der Waals surface area contributed by atoms with Gasteiger partial charge in [-0.2, -0.15) is 0 Å². The van der Waals surface area contributed by atoms with Crippen molar-refractivity contribution in [3.05, 3.63) is 69.3 Å². The molecule has 8 heteroatoms. The van der Waals surface area contributed by atoms with Gasteiger partial charge in [0, 0.05) is 48.4 Å². The Labute approximate surface area is 200 Å². The highest BCUT2D eigenvalue weighted by Crippen LogP contribution is 2.26. The van der Waals surface area contributed by atoms with E-state index in [0.717, 1.165) is 44.5 Å². The van der Waals surface area contributed by atoms with Crippen molar-refractivity contribution in [1.82, 2.24) is 9.80 Å². The molecule has 2 aromatic carbocycles. The number of hydrogen-bond donors (Lipinski definition) is 1. The number of nitro groups is 1. The first-order chi connectivity index (χ1) is 16.3. The number of non-ortho nitro benzene ring substituents is 1. The molecule has 180 valence electrons. The first kappa shape index (κ1) is 23.9. The molecule has 0 aromatic heterocycles. The van der Waals surface area contributed by atoms with E-state index >= 15 is 0 Å². The fourth-order valence-electron chi connectivity index (χ4n) is 4.93. The number of aryl methyl sites for hydroxylation is 2. The lowest BCUT2D eigenvalue weighted by Gasteiger charge is -2.41. The number of carbonyl (C=O) groups is 2. The normalized spacial score (nSPS) is 18.0. The van der Waals surface area contributed by atoms with Crippen molar-refractivity contribution < 1.29 is 14.5 Å². The van der Waals surface area contributed by atoms with E-state index in [1.807, 2.05) is 30.0 Å². The molecule has 2 aliphatic rings. The van der Waals surface area contributed by atoms with E-state index in [2.05, 4.69) is 17.1 Å². The number of carbonyl (C=O) groups excluding carboxylic acids is 2. The molecule has 2 heterocycles. The lowest BCUT2D eigenvalue weighted by atomic mass is 9.92. The molecular weight excluding hydrogens is 432 g/mol. The smallest absolute Gasteiger partial charge is 0.269 e. The molecule has 2 aromatic rings. The Kier molecular flexibility index (Phi) is 7.26. The van der Waals surface area contributed by atoms with Crippen molar-refractivity contribution in [2.24, 2.45) is 5.92 Å². The summed E-state index contributed by atoms with van der Waals surface area (Å²) in [5.41, 5.74) is 3.72. The maximum absolute atomic E-state index is 12.8. The van der Waals surface area contributed by atoms with Gasteiger partial charge in [-0.25, -0.2) is 0 Å². The number of amides is 2. The van der Waals surface area contributed by atoms with E-state index in [-0.39, 0.29) is 23.4 Å². The second kappa shape index (κ2) is 10.3. The van der Waals surface area contributed by atoms with Gasteiger partial charge in [0.05, 0.1) is 4.92 Å². The van der Waals surface area contributed by atoms with Crippen LogP contribution in [0.1, 0.15) is 47.2 Å². The first-order valence-corrected chi connectivity index (χ1v) is 12.0. The second-order valence-corrected chi connectivity index (χ2v) is 9.43. The quantitative estimate of drug-likeness (QED) is 0.529. The number of anilines is 1. The summed E-state index contributed by atoms with van der Waals surface area (Å²) in [5.74, 6) is 0.0585. The van der Waals surface area contributed by atoms with Crippen molar-refractivity contribution >= 4 is 23.2 Å². The van der Waals surface area contributed by atoms with Crippen LogP contribution in [-0.4, -0.2) is 58.8 Å². The van der Waals surface area contributed by atoms with Gasteiger partial charge < -0.3 is 15.1 Å². The van der Waals surface area contributed by atoms with Crippen molar-refractivity contribution in [2.45, 2.75) is 45.6 Å². The summed E-state index contributed by atoms with van der Waals surface area (Å²) in [4.78, 5) is 40.2. The molecule has 0 spiro atoms. The van der Waals surface area contributed by atoms with Crippen LogP contribution in [0.2, 0.25) is 0 Å². The monoisotopic (exact) mass is 464 g/mol. The van der Waals surface area contributed by atoms with Crippen LogP contribution in [0, 0.1) is 29.9 Å². The SMILES string of the molecule is Cc1ccc(NC(=O)C2CCN(C3CCN(C(=O)c4ccc([N+](=O)[O-])cc4)CC3)CC2)cc1C. The molecular formula is C26H32N4O4. The van der Waals surface area contributed by atoms with Gasteiger partial charge in [-0.3, -0.25) is 19.7 Å². The third-order valence-corrected chi connectivity index (χ3v) is 7.27. The molecule has 2 fully saturated rings. The van der Waals surface area contributed by atoms with Gasteiger partial charge in [-0.15, -0.1) is 0 Å². The summed E-state index contributed by atoms with van der Waals surface area (Å²) in [6.45, 7) is 7.25. The van der Waals surface area contributed by atoms with Crippen molar-refractivity contribution in [2.75, 3.05) is 31.5 Å². The van der Waals surface area contributed by atoms with Gasteiger partial charge in [0.25, 0.3) is 11.6 Å². The molecule has 2 saturated heterocycles. The second-order valence-electron chi connectivity index (χ2n) is 9.43. The number of piperidine rings is 2. The van der Waals surface area contributed by atoms with E-state index in [1.54, 1.807) is 0 Å². The summed E-state index contributed by atoms with van der Waals surface area (Å²) in [5, 5.41) is 13.9. The summed E-state index contributed by atoms with van der Waals surface area (Å²) in [6.07, 6.45) is 3.49. The number of nitrogens with zero attached hydrogens (tertiary/aromatic N) is 3. The number of rotatable bonds is 5. The largest absolute Gasteiger partial charge is 0.339 e. The van der Waals surface area contributed by atoms with Gasteiger partial charge in [-0.05, 0) is 88.0 Å². The Morgan fingerprint density at radius 3 is 2.15 bits per heavy atom. The van der Waals surface area contributed by atoms with Crippen LogP contribution < -0.4 is 5.32 Å². The van der Waals surface area contributed by atoms with E-state index in [1.165, 1.54) is 35.4 Å². The Morgan fingerprint density at radius 1 is 0.912 bits per heavy atom. The van der Waals surface area contributed by atoms with Crippen LogP contribution in [-0.2, 0) is 4.79 Å². The molecule has 0 saturated carbocycles. The van der Waals surface area contributed by atoms with Crippen LogP contribution >= 0.6 is 0 Å². The van der Waals surface area contributed by atoms with Gasteiger partial charge in [0.1, 0.15) is 0 Å². The first-order valence-electron chi connectivity index (χ1n) is 12.0. The number of nitrogens with one attached hydrogen (secondary N) is 1. The predicted molar refractivity (Wildman–Crippen MR) is 131 cm³/mol. The minimum Gasteiger partial charge on any atom is -0.339 e. The topological polar surface area (TPSA) is 95.8 Å². The fraction of sp³-hybridized carbons (Fsp3) is 0.462. The molecule has 34 heavy (non-hydrogen) atoms. The average molecular weight is 465 g/mol. The Balaban J connectivity index is 1.23. The highest BCUT2D eigenvalue weighted by Gasteiger charge is 2.32. The molecule has 0 bridgehead atoms. The Hall–Kier alpha value is -3.26. The number of hydrogen-bond acceptors (Lipinski definition) is 5. The number of benzene rings is 2. The zero-order valence-electron chi connectivity index (χ0n) is 19.8. The van der Waals surface area contributed by atoms with Crippen LogP contribution in [0.4, 0.5) is 11.4 Å².